The predicted octanol–water partition coefficient (Wildman–Crippen LogP) is 4.56. The van der Waals surface area contributed by atoms with E-state index in [1.165, 1.54) is 23.1 Å². The van der Waals surface area contributed by atoms with Gasteiger partial charge in [-0.2, -0.15) is 18.4 Å². The summed E-state index contributed by atoms with van der Waals surface area (Å²) >= 11 is 4.53. The highest BCUT2D eigenvalue weighted by atomic mass is 32.1. The van der Waals surface area contributed by atoms with Crippen molar-refractivity contribution >= 4 is 35.8 Å². The van der Waals surface area contributed by atoms with Crippen LogP contribution in [0.1, 0.15) is 53.7 Å². The second-order valence-electron chi connectivity index (χ2n) is 10.6. The molecule has 1 unspecified atom stereocenters. The Morgan fingerprint density at radius 3 is 2.50 bits per heavy atom. The number of nitrogens with zero attached hydrogens (tertiary/aromatic N) is 5. The highest BCUT2D eigenvalue weighted by Gasteiger charge is 2.60. The molecule has 1 N–H and O–H groups in total. The van der Waals surface area contributed by atoms with E-state index in [0.717, 1.165) is 17.2 Å². The molecule has 8 nitrogen and oxygen atoms in total. The topological polar surface area (TPSA) is 92.6 Å². The molecule has 0 radical (unpaired) electrons. The van der Waals surface area contributed by atoms with Crippen molar-refractivity contribution in [3.8, 4) is 6.07 Å². The number of aromatic nitrogens is 1. The van der Waals surface area contributed by atoms with Gasteiger partial charge in [-0.25, -0.2) is 18.2 Å². The second kappa shape index (κ2) is 11.0. The van der Waals surface area contributed by atoms with Gasteiger partial charge in [0.15, 0.2) is 11.2 Å². The molecule has 1 spiro atoms. The third-order valence-electron chi connectivity index (χ3n) is 7.94. The minimum Gasteiger partial charge on any atom is -0.352 e. The smallest absolute Gasteiger partial charge is 0.352 e. The molecule has 3 heterocycles. The Kier molecular flexibility index (Phi) is 7.82. The molecule has 1 saturated carbocycles. The summed E-state index contributed by atoms with van der Waals surface area (Å²) in [6.07, 6.45) is -2.35. The Morgan fingerprint density at radius 2 is 1.93 bits per heavy atom. The number of hydrogen-bond donors (Lipinski definition) is 2. The van der Waals surface area contributed by atoms with Gasteiger partial charge >= 0.3 is 6.18 Å². The lowest BCUT2D eigenvalue weighted by atomic mass is 9.75. The summed E-state index contributed by atoms with van der Waals surface area (Å²) in [7, 11) is 0. The largest absolute Gasteiger partial charge is 0.419 e. The number of carbonyl (C=O) groups excluding carboxylic acids is 2. The lowest BCUT2D eigenvalue weighted by Crippen LogP contribution is -2.55. The van der Waals surface area contributed by atoms with E-state index in [1.807, 2.05) is 0 Å². The van der Waals surface area contributed by atoms with Gasteiger partial charge in [0, 0.05) is 31.7 Å². The number of nitrogens with one attached hydrogen (secondary N) is 1. The number of nitriles is 1. The van der Waals surface area contributed by atoms with Crippen molar-refractivity contribution in [3.63, 3.8) is 0 Å². The third kappa shape index (κ3) is 5.37. The summed E-state index contributed by atoms with van der Waals surface area (Å²) in [5.41, 5.74) is -4.72. The molecule has 5 rings (SSSR count). The van der Waals surface area contributed by atoms with E-state index in [4.69, 9.17) is 5.26 Å². The number of carbonyl (C=O) groups is 2. The van der Waals surface area contributed by atoms with Crippen LogP contribution >= 0.6 is 12.6 Å². The van der Waals surface area contributed by atoms with E-state index in [-0.39, 0.29) is 43.0 Å². The highest BCUT2D eigenvalue weighted by Crippen LogP contribution is 2.50. The third-order valence-corrected chi connectivity index (χ3v) is 8.41. The monoisotopic (exact) mass is 612 g/mol. The van der Waals surface area contributed by atoms with Gasteiger partial charge in [0.1, 0.15) is 17.4 Å². The number of alkyl halides is 5. The number of rotatable bonds is 7. The maximum absolute atomic E-state index is 15.2. The van der Waals surface area contributed by atoms with Crippen molar-refractivity contribution in [3.05, 3.63) is 53.1 Å². The Hall–Kier alpha value is -3.51. The van der Waals surface area contributed by atoms with Gasteiger partial charge in [-0.1, -0.05) is 0 Å². The van der Waals surface area contributed by atoms with Crippen LogP contribution in [0.25, 0.3) is 0 Å². The van der Waals surface area contributed by atoms with Crippen LogP contribution in [0.5, 0.6) is 0 Å². The Balaban J connectivity index is 1.33. The summed E-state index contributed by atoms with van der Waals surface area (Å²) in [5, 5.41) is 11.6. The van der Waals surface area contributed by atoms with Crippen molar-refractivity contribution in [2.45, 2.75) is 55.2 Å². The van der Waals surface area contributed by atoms with Crippen LogP contribution in [0.15, 0.2) is 30.5 Å². The molecule has 2 saturated heterocycles. The van der Waals surface area contributed by atoms with Gasteiger partial charge in [0.05, 0.1) is 29.6 Å². The van der Waals surface area contributed by atoms with Gasteiger partial charge in [-0.15, -0.1) is 12.6 Å². The van der Waals surface area contributed by atoms with E-state index in [2.05, 4.69) is 22.9 Å². The molecule has 1 aliphatic carbocycles. The molecule has 42 heavy (non-hydrogen) atoms. The molecule has 15 heteroatoms. The first-order valence-corrected chi connectivity index (χ1v) is 13.8. The molecule has 3 fully saturated rings. The Bertz CT molecular complexity index is 1440. The van der Waals surface area contributed by atoms with E-state index in [1.54, 1.807) is 4.90 Å². The second-order valence-corrected chi connectivity index (χ2v) is 11.1. The molecule has 1 aromatic heterocycles. The zero-order valence-corrected chi connectivity index (χ0v) is 23.0. The molecule has 1 aromatic carbocycles. The average molecular weight is 613 g/mol. The summed E-state index contributed by atoms with van der Waals surface area (Å²) in [5.74, 6) is -4.83. The SMILES string of the molecule is N#Cc1ncc(N2C(=O)C3(CCC3)N(c3ccc(C(=O)NCCCN4CCC(F)(F)C4)c(F)c3)C2S)cc1C(F)(F)F. The number of benzene rings is 1. The fraction of sp³-hybridized carbons (Fsp3) is 0.481. The minimum absolute atomic E-state index is 0.151. The summed E-state index contributed by atoms with van der Waals surface area (Å²) in [4.78, 5) is 34.0. The molecule has 0 bridgehead atoms. The van der Waals surface area contributed by atoms with Gasteiger partial charge in [-0.3, -0.25) is 19.4 Å². The van der Waals surface area contributed by atoms with Crippen LogP contribution < -0.4 is 15.1 Å². The predicted molar refractivity (Wildman–Crippen MR) is 143 cm³/mol. The lowest BCUT2D eigenvalue weighted by Gasteiger charge is -2.44. The van der Waals surface area contributed by atoms with E-state index in [0.29, 0.717) is 38.3 Å². The minimum atomic E-state index is -4.89. The van der Waals surface area contributed by atoms with Crippen molar-refractivity contribution in [1.29, 1.82) is 5.26 Å². The Morgan fingerprint density at radius 1 is 1.19 bits per heavy atom. The molecule has 3 aliphatic rings. The fourth-order valence-corrected chi connectivity index (χ4v) is 6.28. The summed E-state index contributed by atoms with van der Waals surface area (Å²) in [6, 6.07) is 5.82. The Labute approximate surface area is 242 Å². The summed E-state index contributed by atoms with van der Waals surface area (Å²) < 4.78 is 82.6. The van der Waals surface area contributed by atoms with Crippen LogP contribution in [0.3, 0.4) is 0 Å². The lowest BCUT2D eigenvalue weighted by molar-refractivity contribution is -0.138. The number of amides is 2. The van der Waals surface area contributed by atoms with Gasteiger partial charge in [0.2, 0.25) is 0 Å². The normalized spacial score (nSPS) is 21.5. The molecule has 2 amide bonds. The molecule has 2 aliphatic heterocycles. The molecule has 224 valence electrons. The number of anilines is 2. The molecular weight excluding hydrogens is 586 g/mol. The zero-order valence-electron chi connectivity index (χ0n) is 22.1. The number of halogens is 6. The highest BCUT2D eigenvalue weighted by molar-refractivity contribution is 7.81. The fourth-order valence-electron chi connectivity index (χ4n) is 5.69. The van der Waals surface area contributed by atoms with Crippen molar-refractivity contribution in [2.75, 3.05) is 36.0 Å². The van der Waals surface area contributed by atoms with Crippen LogP contribution in [-0.4, -0.2) is 64.8 Å². The van der Waals surface area contributed by atoms with Crippen molar-refractivity contribution < 1.29 is 35.9 Å². The molecule has 2 aromatic rings. The van der Waals surface area contributed by atoms with Crippen molar-refractivity contribution in [2.24, 2.45) is 0 Å². The number of thiol groups is 1. The zero-order chi connectivity index (χ0) is 30.4. The van der Waals surface area contributed by atoms with Crippen LogP contribution in [0, 0.1) is 17.1 Å². The average Bonchev–Trinajstić information content (AvgIpc) is 3.37. The van der Waals surface area contributed by atoms with Crippen LogP contribution in [0.4, 0.5) is 37.7 Å². The van der Waals surface area contributed by atoms with Gasteiger partial charge in [0.25, 0.3) is 17.7 Å². The quantitative estimate of drug-likeness (QED) is 0.271. The number of hydrogen-bond acceptors (Lipinski definition) is 7. The van der Waals surface area contributed by atoms with Crippen LogP contribution in [-0.2, 0) is 11.0 Å². The maximum atomic E-state index is 15.2. The first-order chi connectivity index (χ1) is 19.8. The standard InChI is InChI=1S/C27H26F6N6O2S/c28-20-12-16(3-4-18(20)22(40)35-8-2-9-37-10-7-26(29,30)15-37)39-24(42)38(23(41)25(39)5-1-6-25)17-11-19(27(31,32)33)21(13-34)36-14-17/h3-4,11-12,14,24,42H,1-2,5-10,15H2,(H,35,40). The number of likely N-dealkylation sites (tertiary alicyclic amines) is 1. The van der Waals surface area contributed by atoms with Crippen LogP contribution in [0.2, 0.25) is 0 Å². The maximum Gasteiger partial charge on any atom is 0.419 e. The summed E-state index contributed by atoms with van der Waals surface area (Å²) in [6.45, 7) is 0.456. The first kappa shape index (κ1) is 30.0. The molecule has 1 atom stereocenters. The van der Waals surface area contributed by atoms with Gasteiger partial charge < -0.3 is 10.2 Å². The van der Waals surface area contributed by atoms with E-state index in [9.17, 15) is 31.5 Å². The van der Waals surface area contributed by atoms with E-state index < -0.39 is 52.0 Å². The molecular formula is C27H26F6N6O2S. The van der Waals surface area contributed by atoms with Crippen molar-refractivity contribution in [1.82, 2.24) is 15.2 Å². The van der Waals surface area contributed by atoms with Gasteiger partial charge in [-0.05, 0) is 49.9 Å². The first-order valence-electron chi connectivity index (χ1n) is 13.2. The van der Waals surface area contributed by atoms with E-state index >= 15 is 4.39 Å². The number of pyridine rings is 1.